The highest BCUT2D eigenvalue weighted by Gasteiger charge is 2.14. The van der Waals surface area contributed by atoms with Crippen LogP contribution in [-0.4, -0.2) is 22.0 Å². The summed E-state index contributed by atoms with van der Waals surface area (Å²) in [5.74, 6) is -0.666. The standard InChI is InChI=1S/C11H8ClN3O2S/c1-2-17-10(16)7(6-13)5-8-9(12)14-11-15(8)3-4-18-11/h3-5H,2H2,1H3. The molecule has 2 heterocycles. The summed E-state index contributed by atoms with van der Waals surface area (Å²) >= 11 is 7.38. The predicted molar refractivity (Wildman–Crippen MR) is 68.3 cm³/mol. The molecular weight excluding hydrogens is 274 g/mol. The average molecular weight is 282 g/mol. The fourth-order valence-electron chi connectivity index (χ4n) is 1.39. The first-order chi connectivity index (χ1) is 8.67. The van der Waals surface area contributed by atoms with E-state index >= 15 is 0 Å². The van der Waals surface area contributed by atoms with Crippen molar-refractivity contribution in [2.75, 3.05) is 6.61 Å². The van der Waals surface area contributed by atoms with Gasteiger partial charge in [-0.25, -0.2) is 9.78 Å². The van der Waals surface area contributed by atoms with Gasteiger partial charge in [0.25, 0.3) is 0 Å². The zero-order chi connectivity index (χ0) is 13.1. The summed E-state index contributed by atoms with van der Waals surface area (Å²) in [5.41, 5.74) is 0.393. The Bertz CT molecular complexity index is 665. The smallest absolute Gasteiger partial charge is 0.348 e. The molecule has 2 rings (SSSR count). The number of nitriles is 1. The number of fused-ring (bicyclic) bond motifs is 1. The van der Waals surface area contributed by atoms with Crippen LogP contribution in [0.15, 0.2) is 17.2 Å². The van der Waals surface area contributed by atoms with Gasteiger partial charge in [-0.1, -0.05) is 11.6 Å². The molecule has 0 amide bonds. The molecule has 0 radical (unpaired) electrons. The van der Waals surface area contributed by atoms with Crippen molar-refractivity contribution in [1.82, 2.24) is 9.38 Å². The maximum atomic E-state index is 11.5. The highest BCUT2D eigenvalue weighted by atomic mass is 35.5. The molecule has 18 heavy (non-hydrogen) atoms. The Kier molecular flexibility index (Phi) is 3.65. The fraction of sp³-hybridized carbons (Fsp3) is 0.182. The lowest BCUT2D eigenvalue weighted by Gasteiger charge is -1.99. The van der Waals surface area contributed by atoms with Gasteiger partial charge in [0.15, 0.2) is 10.1 Å². The van der Waals surface area contributed by atoms with Crippen molar-refractivity contribution in [2.45, 2.75) is 6.92 Å². The van der Waals surface area contributed by atoms with E-state index in [0.29, 0.717) is 10.7 Å². The molecule has 0 atom stereocenters. The van der Waals surface area contributed by atoms with Gasteiger partial charge < -0.3 is 4.74 Å². The highest BCUT2D eigenvalue weighted by molar-refractivity contribution is 7.15. The van der Waals surface area contributed by atoms with Gasteiger partial charge in [0, 0.05) is 11.6 Å². The Labute approximate surface area is 112 Å². The molecule has 0 spiro atoms. The van der Waals surface area contributed by atoms with Crippen molar-refractivity contribution in [3.63, 3.8) is 0 Å². The second-order valence-corrected chi connectivity index (χ2v) is 4.46. The van der Waals surface area contributed by atoms with Gasteiger partial charge in [0.1, 0.15) is 11.6 Å². The molecule has 0 aliphatic heterocycles. The topological polar surface area (TPSA) is 67.4 Å². The fourth-order valence-corrected chi connectivity index (χ4v) is 2.39. The molecule has 0 aliphatic rings. The number of hydrogen-bond donors (Lipinski definition) is 0. The van der Waals surface area contributed by atoms with Crippen LogP contribution in [0.5, 0.6) is 0 Å². The van der Waals surface area contributed by atoms with Crippen LogP contribution < -0.4 is 0 Å². The van der Waals surface area contributed by atoms with E-state index in [2.05, 4.69) is 4.98 Å². The van der Waals surface area contributed by atoms with Crippen LogP contribution in [0.1, 0.15) is 12.6 Å². The summed E-state index contributed by atoms with van der Waals surface area (Å²) in [5, 5.41) is 11.0. The van der Waals surface area contributed by atoms with Crippen LogP contribution in [0.4, 0.5) is 0 Å². The Balaban J connectivity index is 2.47. The van der Waals surface area contributed by atoms with E-state index in [4.69, 9.17) is 21.6 Å². The summed E-state index contributed by atoms with van der Waals surface area (Å²) in [6.07, 6.45) is 3.15. The van der Waals surface area contributed by atoms with Crippen molar-refractivity contribution >= 4 is 39.9 Å². The number of hydrogen-bond acceptors (Lipinski definition) is 5. The molecule has 0 saturated heterocycles. The minimum absolute atomic E-state index is 0.105. The van der Waals surface area contributed by atoms with Crippen LogP contribution in [0.25, 0.3) is 11.0 Å². The number of halogens is 1. The zero-order valence-electron chi connectivity index (χ0n) is 9.38. The minimum Gasteiger partial charge on any atom is -0.462 e. The second-order valence-electron chi connectivity index (χ2n) is 3.23. The third-order valence-electron chi connectivity index (χ3n) is 2.15. The summed E-state index contributed by atoms with van der Waals surface area (Å²) in [6, 6.07) is 1.80. The molecule has 0 aromatic carbocycles. The lowest BCUT2D eigenvalue weighted by molar-refractivity contribution is -0.137. The molecule has 0 N–H and O–H groups in total. The molecule has 92 valence electrons. The molecule has 0 fully saturated rings. The van der Waals surface area contributed by atoms with Crippen LogP contribution >= 0.6 is 22.9 Å². The molecule has 2 aromatic rings. The van der Waals surface area contributed by atoms with Gasteiger partial charge in [-0.15, -0.1) is 11.3 Å². The normalized spacial score (nSPS) is 11.5. The van der Waals surface area contributed by atoms with E-state index in [1.165, 1.54) is 17.4 Å². The van der Waals surface area contributed by atoms with Crippen LogP contribution in [0, 0.1) is 11.3 Å². The van der Waals surface area contributed by atoms with Gasteiger partial charge in [-0.05, 0) is 13.0 Å². The van der Waals surface area contributed by atoms with Crippen molar-refractivity contribution in [1.29, 1.82) is 5.26 Å². The largest absolute Gasteiger partial charge is 0.462 e. The quantitative estimate of drug-likeness (QED) is 0.492. The monoisotopic (exact) mass is 281 g/mol. The maximum absolute atomic E-state index is 11.5. The SMILES string of the molecule is CCOC(=O)C(C#N)=Cc1c(Cl)nc2sccn12. The number of thiazole rings is 1. The summed E-state index contributed by atoms with van der Waals surface area (Å²) in [4.78, 5) is 16.3. The molecule has 5 nitrogen and oxygen atoms in total. The van der Waals surface area contributed by atoms with Crippen molar-refractivity contribution in [3.05, 3.63) is 28.0 Å². The van der Waals surface area contributed by atoms with E-state index in [1.54, 1.807) is 23.6 Å². The number of ether oxygens (including phenoxy) is 1. The number of imidazole rings is 1. The van der Waals surface area contributed by atoms with Crippen LogP contribution in [-0.2, 0) is 9.53 Å². The molecule has 0 bridgehead atoms. The third-order valence-corrected chi connectivity index (χ3v) is 3.19. The second kappa shape index (κ2) is 5.21. The summed E-state index contributed by atoms with van der Waals surface area (Å²) in [6.45, 7) is 1.89. The van der Waals surface area contributed by atoms with Crippen molar-refractivity contribution in [3.8, 4) is 6.07 Å². The first-order valence-electron chi connectivity index (χ1n) is 5.07. The predicted octanol–water partition coefficient (Wildman–Crippen LogP) is 2.52. The van der Waals surface area contributed by atoms with Crippen LogP contribution in [0.2, 0.25) is 5.15 Å². The van der Waals surface area contributed by atoms with Gasteiger partial charge >= 0.3 is 5.97 Å². The van der Waals surface area contributed by atoms with Gasteiger partial charge in [-0.3, -0.25) is 4.40 Å². The number of rotatable bonds is 3. The Hall–Kier alpha value is -1.84. The molecular formula is C11H8ClN3O2S. The van der Waals surface area contributed by atoms with E-state index in [1.807, 2.05) is 5.38 Å². The summed E-state index contributed by atoms with van der Waals surface area (Å²) in [7, 11) is 0. The van der Waals surface area contributed by atoms with Gasteiger partial charge in [0.2, 0.25) is 0 Å². The van der Waals surface area contributed by atoms with Gasteiger partial charge in [-0.2, -0.15) is 5.26 Å². The Morgan fingerprint density at radius 2 is 2.56 bits per heavy atom. The third kappa shape index (κ3) is 2.23. The first kappa shape index (κ1) is 12.6. The van der Waals surface area contributed by atoms with Gasteiger partial charge in [0.05, 0.1) is 12.3 Å². The maximum Gasteiger partial charge on any atom is 0.348 e. The molecule has 2 aromatic heterocycles. The van der Waals surface area contributed by atoms with Crippen LogP contribution in [0.3, 0.4) is 0 Å². The zero-order valence-corrected chi connectivity index (χ0v) is 11.0. The number of nitrogens with zero attached hydrogens (tertiary/aromatic N) is 3. The molecule has 7 heteroatoms. The summed E-state index contributed by atoms with van der Waals surface area (Å²) < 4.78 is 6.49. The Morgan fingerprint density at radius 3 is 3.22 bits per heavy atom. The van der Waals surface area contributed by atoms with Crippen molar-refractivity contribution < 1.29 is 9.53 Å². The lowest BCUT2D eigenvalue weighted by Crippen LogP contribution is -2.06. The molecule has 0 aliphatic carbocycles. The lowest BCUT2D eigenvalue weighted by atomic mass is 10.2. The molecule has 0 unspecified atom stereocenters. The molecule has 0 saturated carbocycles. The number of carbonyl (C=O) groups excluding carboxylic acids is 1. The first-order valence-corrected chi connectivity index (χ1v) is 6.33. The Morgan fingerprint density at radius 1 is 1.78 bits per heavy atom. The van der Waals surface area contributed by atoms with E-state index in [0.717, 1.165) is 0 Å². The highest BCUT2D eigenvalue weighted by Crippen LogP contribution is 2.23. The number of esters is 1. The average Bonchev–Trinajstić information content (AvgIpc) is 2.88. The minimum atomic E-state index is -0.666. The number of aromatic nitrogens is 2. The van der Waals surface area contributed by atoms with E-state index in [-0.39, 0.29) is 17.3 Å². The van der Waals surface area contributed by atoms with E-state index < -0.39 is 5.97 Å². The number of carbonyl (C=O) groups is 1. The van der Waals surface area contributed by atoms with Crippen molar-refractivity contribution in [2.24, 2.45) is 0 Å². The van der Waals surface area contributed by atoms with E-state index in [9.17, 15) is 4.79 Å².